The van der Waals surface area contributed by atoms with Gasteiger partial charge in [-0.2, -0.15) is 10.2 Å². The smallest absolute Gasteiger partial charge is 0.237 e. The molecule has 144 valence electrons. The lowest BCUT2D eigenvalue weighted by Crippen LogP contribution is -2.19. The van der Waals surface area contributed by atoms with Crippen LogP contribution in [0.4, 0.5) is 11.4 Å². The van der Waals surface area contributed by atoms with Crippen LogP contribution in [0.1, 0.15) is 11.7 Å². The highest BCUT2D eigenvalue weighted by atomic mass is 35.5. The lowest BCUT2D eigenvalue weighted by molar-refractivity contribution is 0.275. The van der Waals surface area contributed by atoms with Crippen LogP contribution in [-0.2, 0) is 4.74 Å². The van der Waals surface area contributed by atoms with Crippen LogP contribution in [0.15, 0.2) is 95.1 Å². The molecular weight excluding hydrogens is 386 g/mol. The highest BCUT2D eigenvalue weighted by Gasteiger charge is 2.38. The van der Waals surface area contributed by atoms with Gasteiger partial charge in [0.05, 0.1) is 11.4 Å². The summed E-state index contributed by atoms with van der Waals surface area (Å²) in [5.41, 5.74) is 9.07. The van der Waals surface area contributed by atoms with E-state index >= 15 is 0 Å². The summed E-state index contributed by atoms with van der Waals surface area (Å²) in [5, 5.41) is 17.7. The van der Waals surface area contributed by atoms with E-state index in [-0.39, 0.29) is 5.90 Å². The van der Waals surface area contributed by atoms with Gasteiger partial charge in [0.2, 0.25) is 5.90 Å². The second-order valence-corrected chi connectivity index (χ2v) is 6.67. The number of hydrazone groups is 2. The van der Waals surface area contributed by atoms with E-state index in [0.29, 0.717) is 16.4 Å². The second-order valence-electron chi connectivity index (χ2n) is 6.26. The van der Waals surface area contributed by atoms with E-state index in [1.54, 1.807) is 6.07 Å². The maximum Gasteiger partial charge on any atom is 0.237 e. The Balaban J connectivity index is 1.70. The Labute approximate surface area is 173 Å². The van der Waals surface area contributed by atoms with Crippen LogP contribution >= 0.6 is 11.6 Å². The van der Waals surface area contributed by atoms with Gasteiger partial charge in [-0.15, -0.1) is 0 Å². The number of anilines is 2. The Morgan fingerprint density at radius 1 is 0.759 bits per heavy atom. The van der Waals surface area contributed by atoms with Crippen molar-refractivity contribution in [3.63, 3.8) is 0 Å². The largest absolute Gasteiger partial charge is 0.461 e. The third kappa shape index (κ3) is 4.28. The molecule has 0 amide bonds. The predicted molar refractivity (Wildman–Crippen MR) is 118 cm³/mol. The third-order valence-electron chi connectivity index (χ3n) is 4.28. The number of para-hydroxylation sites is 2. The first-order valence-electron chi connectivity index (χ1n) is 9.00. The van der Waals surface area contributed by atoms with E-state index < -0.39 is 6.10 Å². The van der Waals surface area contributed by atoms with Gasteiger partial charge < -0.3 is 4.74 Å². The lowest BCUT2D eigenvalue weighted by atomic mass is 10.0. The van der Waals surface area contributed by atoms with Gasteiger partial charge in [-0.05, 0) is 30.3 Å². The fourth-order valence-corrected chi connectivity index (χ4v) is 3.09. The number of ether oxygens (including phenoxy) is 1. The Hall–Kier alpha value is -3.64. The minimum atomic E-state index is -0.635. The summed E-state index contributed by atoms with van der Waals surface area (Å²) in [6.07, 6.45) is -0.635. The number of nitrogens with zero attached hydrogens (tertiary/aromatic N) is 2. The number of hydrogen-bond donors (Lipinski definition) is 3. The number of nitrogens with one attached hydrogen (secondary N) is 3. The highest BCUT2D eigenvalue weighted by Crippen LogP contribution is 2.32. The lowest BCUT2D eigenvalue weighted by Gasteiger charge is -2.12. The molecule has 4 rings (SSSR count). The van der Waals surface area contributed by atoms with E-state index in [1.165, 1.54) is 0 Å². The first kappa shape index (κ1) is 18.7. The van der Waals surface area contributed by atoms with Crippen molar-refractivity contribution in [1.82, 2.24) is 0 Å². The van der Waals surface area contributed by atoms with Crippen molar-refractivity contribution in [2.24, 2.45) is 10.2 Å². The molecule has 3 aromatic carbocycles. The molecule has 0 spiro atoms. The van der Waals surface area contributed by atoms with Crippen LogP contribution in [0.25, 0.3) is 0 Å². The number of halogens is 1. The van der Waals surface area contributed by atoms with Gasteiger partial charge in [-0.1, -0.05) is 66.2 Å². The van der Waals surface area contributed by atoms with Gasteiger partial charge in [0, 0.05) is 10.6 Å². The molecule has 29 heavy (non-hydrogen) atoms. The van der Waals surface area contributed by atoms with E-state index in [0.717, 1.165) is 16.9 Å². The summed E-state index contributed by atoms with van der Waals surface area (Å²) in [5.74, 6) is -0.0769. The van der Waals surface area contributed by atoms with Gasteiger partial charge in [0.25, 0.3) is 0 Å². The molecule has 3 N–H and O–H groups in total. The topological polar surface area (TPSA) is 81.9 Å². The number of hydrogen-bond acceptors (Lipinski definition) is 6. The molecule has 0 bridgehead atoms. The third-order valence-corrected chi connectivity index (χ3v) is 4.62. The summed E-state index contributed by atoms with van der Waals surface area (Å²) < 4.78 is 5.79. The average molecular weight is 404 g/mol. The van der Waals surface area contributed by atoms with Gasteiger partial charge in [-0.3, -0.25) is 16.3 Å². The molecule has 0 aliphatic carbocycles. The molecule has 1 heterocycles. The predicted octanol–water partition coefficient (Wildman–Crippen LogP) is 5.32. The van der Waals surface area contributed by atoms with E-state index in [2.05, 4.69) is 21.1 Å². The monoisotopic (exact) mass is 403 g/mol. The molecule has 6 nitrogen and oxygen atoms in total. The minimum absolute atomic E-state index is 0.0769. The summed E-state index contributed by atoms with van der Waals surface area (Å²) in [6, 6.07) is 26.4. The van der Waals surface area contributed by atoms with Crippen LogP contribution in [0.5, 0.6) is 0 Å². The molecular formula is C22H18ClN5O. The van der Waals surface area contributed by atoms with Crippen molar-refractivity contribution in [2.45, 2.75) is 6.10 Å². The molecule has 1 atom stereocenters. The molecule has 1 aliphatic rings. The SMILES string of the molecule is N=C1OC(c2ccccc2Cl)C(=N\Nc2ccccc2)/C1=N/Nc1ccccc1. The quantitative estimate of drug-likeness (QED) is 0.504. The first-order valence-corrected chi connectivity index (χ1v) is 9.38. The first-order chi connectivity index (χ1) is 14.2. The van der Waals surface area contributed by atoms with Crippen molar-refractivity contribution in [3.8, 4) is 0 Å². The number of benzene rings is 3. The fraction of sp³-hybridized carbons (Fsp3) is 0.0455. The Morgan fingerprint density at radius 3 is 1.93 bits per heavy atom. The van der Waals surface area contributed by atoms with E-state index in [1.807, 2.05) is 78.9 Å². The van der Waals surface area contributed by atoms with Crippen molar-refractivity contribution < 1.29 is 4.74 Å². The van der Waals surface area contributed by atoms with Crippen molar-refractivity contribution in [1.29, 1.82) is 5.41 Å². The molecule has 0 aromatic heterocycles. The van der Waals surface area contributed by atoms with Crippen LogP contribution in [0.2, 0.25) is 5.02 Å². The Bertz CT molecular complexity index is 1070. The standard InChI is InChI=1S/C22H18ClN5O/c23-18-14-8-7-13-17(18)21-19(27-25-15-9-3-1-4-10-15)20(22(24)29-21)28-26-16-11-5-2-6-12-16/h1-14,21,24-26H/b24-22?,27-19-,28-20-. The molecule has 7 heteroatoms. The Kier molecular flexibility index (Phi) is 5.54. The van der Waals surface area contributed by atoms with Crippen molar-refractivity contribution >= 4 is 40.3 Å². The molecule has 1 unspecified atom stereocenters. The van der Waals surface area contributed by atoms with Crippen LogP contribution in [0.3, 0.4) is 0 Å². The average Bonchev–Trinajstić information content (AvgIpc) is 3.07. The zero-order chi connectivity index (χ0) is 20.1. The summed E-state index contributed by atoms with van der Waals surface area (Å²) in [4.78, 5) is 0. The molecule has 1 aliphatic heterocycles. The van der Waals surface area contributed by atoms with Gasteiger partial charge in [0.15, 0.2) is 11.8 Å². The molecule has 1 fully saturated rings. The zero-order valence-electron chi connectivity index (χ0n) is 15.3. The summed E-state index contributed by atoms with van der Waals surface area (Å²) in [7, 11) is 0. The van der Waals surface area contributed by atoms with E-state index in [4.69, 9.17) is 21.7 Å². The van der Waals surface area contributed by atoms with Crippen LogP contribution in [-0.4, -0.2) is 17.3 Å². The van der Waals surface area contributed by atoms with Crippen LogP contribution in [0, 0.1) is 5.41 Å². The fourth-order valence-electron chi connectivity index (χ4n) is 2.86. The second kappa shape index (κ2) is 8.58. The normalized spacial score (nSPS) is 18.7. The van der Waals surface area contributed by atoms with Gasteiger partial charge in [-0.25, -0.2) is 0 Å². The maximum absolute atomic E-state index is 8.29. The van der Waals surface area contributed by atoms with Crippen molar-refractivity contribution in [2.75, 3.05) is 10.9 Å². The Morgan fingerprint density at radius 2 is 1.31 bits per heavy atom. The summed E-state index contributed by atoms with van der Waals surface area (Å²) >= 11 is 6.37. The highest BCUT2D eigenvalue weighted by molar-refractivity contribution is 6.70. The molecule has 3 aromatic rings. The van der Waals surface area contributed by atoms with Crippen molar-refractivity contribution in [3.05, 3.63) is 95.5 Å². The molecule has 1 saturated heterocycles. The zero-order valence-corrected chi connectivity index (χ0v) is 16.1. The maximum atomic E-state index is 8.29. The van der Waals surface area contributed by atoms with Crippen LogP contribution < -0.4 is 10.9 Å². The summed E-state index contributed by atoms with van der Waals surface area (Å²) in [6.45, 7) is 0. The van der Waals surface area contributed by atoms with Gasteiger partial charge >= 0.3 is 0 Å². The van der Waals surface area contributed by atoms with E-state index in [9.17, 15) is 0 Å². The van der Waals surface area contributed by atoms with Gasteiger partial charge in [0.1, 0.15) is 5.71 Å². The molecule has 0 radical (unpaired) electrons. The molecule has 0 saturated carbocycles. The minimum Gasteiger partial charge on any atom is -0.461 e. The number of rotatable bonds is 5.